The summed E-state index contributed by atoms with van der Waals surface area (Å²) in [5.74, 6) is 0.845. The molecule has 0 radical (unpaired) electrons. The van der Waals surface area contributed by atoms with Gasteiger partial charge in [-0.3, -0.25) is 9.36 Å². The summed E-state index contributed by atoms with van der Waals surface area (Å²) in [6.45, 7) is 1.85. The lowest BCUT2D eigenvalue weighted by molar-refractivity contribution is -0.274. The SMILES string of the molecule is O=C(C1CC1)N1CCC(Cn2c(-c3ccc(-c4ccc(OC(F)(F)F)cc4)cc3)n[nH]c2=O)C1. The average molecular weight is 472 g/mol. The summed E-state index contributed by atoms with van der Waals surface area (Å²) >= 11 is 0. The second-order valence-electron chi connectivity index (χ2n) is 8.83. The Morgan fingerprint density at radius 3 is 2.24 bits per heavy atom. The Kier molecular flexibility index (Phi) is 5.66. The number of nitrogens with zero attached hydrogens (tertiary/aromatic N) is 3. The van der Waals surface area contributed by atoms with Gasteiger partial charge in [-0.1, -0.05) is 36.4 Å². The van der Waals surface area contributed by atoms with Crippen molar-refractivity contribution < 1.29 is 22.7 Å². The van der Waals surface area contributed by atoms with Crippen molar-refractivity contribution >= 4 is 5.91 Å². The summed E-state index contributed by atoms with van der Waals surface area (Å²) in [6.07, 6.45) is -1.92. The first-order chi connectivity index (χ1) is 16.3. The Bertz CT molecular complexity index is 1230. The third-order valence-electron chi connectivity index (χ3n) is 6.29. The van der Waals surface area contributed by atoms with E-state index in [1.54, 1.807) is 16.7 Å². The van der Waals surface area contributed by atoms with E-state index in [2.05, 4.69) is 14.9 Å². The van der Waals surface area contributed by atoms with Gasteiger partial charge in [0.1, 0.15) is 5.75 Å². The molecule has 5 rings (SSSR count). The molecule has 1 atom stereocenters. The van der Waals surface area contributed by atoms with E-state index in [9.17, 15) is 22.8 Å². The molecule has 1 aromatic heterocycles. The van der Waals surface area contributed by atoms with Crippen molar-refractivity contribution in [2.24, 2.45) is 11.8 Å². The molecule has 178 valence electrons. The molecule has 2 aliphatic rings. The van der Waals surface area contributed by atoms with E-state index in [1.165, 1.54) is 12.1 Å². The van der Waals surface area contributed by atoms with E-state index in [0.717, 1.165) is 42.5 Å². The molecule has 2 heterocycles. The van der Waals surface area contributed by atoms with Gasteiger partial charge in [-0.25, -0.2) is 9.89 Å². The van der Waals surface area contributed by atoms with Crippen LogP contribution in [0.25, 0.3) is 22.5 Å². The number of halogens is 3. The Balaban J connectivity index is 1.29. The van der Waals surface area contributed by atoms with Gasteiger partial charge in [-0.2, -0.15) is 5.10 Å². The number of rotatable bonds is 6. The van der Waals surface area contributed by atoms with Crippen LogP contribution in [0.1, 0.15) is 19.3 Å². The van der Waals surface area contributed by atoms with Crippen molar-refractivity contribution in [2.45, 2.75) is 32.2 Å². The number of hydrogen-bond acceptors (Lipinski definition) is 4. The Hall–Kier alpha value is -3.56. The van der Waals surface area contributed by atoms with Crippen molar-refractivity contribution in [3.8, 4) is 28.3 Å². The summed E-state index contributed by atoms with van der Waals surface area (Å²) < 4.78 is 42.6. The number of amides is 1. The number of nitrogens with one attached hydrogen (secondary N) is 1. The number of hydrogen-bond donors (Lipinski definition) is 1. The van der Waals surface area contributed by atoms with Crippen LogP contribution in [-0.4, -0.2) is 45.0 Å². The largest absolute Gasteiger partial charge is 0.573 e. The van der Waals surface area contributed by atoms with Gasteiger partial charge >= 0.3 is 12.1 Å². The van der Waals surface area contributed by atoms with Gasteiger partial charge in [0.2, 0.25) is 5.91 Å². The van der Waals surface area contributed by atoms with Crippen LogP contribution in [0.2, 0.25) is 0 Å². The van der Waals surface area contributed by atoms with Crippen LogP contribution in [0.15, 0.2) is 53.3 Å². The number of likely N-dealkylation sites (tertiary alicyclic amines) is 1. The zero-order valence-electron chi connectivity index (χ0n) is 18.2. The number of carbonyl (C=O) groups is 1. The summed E-state index contributed by atoms with van der Waals surface area (Å²) in [5.41, 5.74) is 1.97. The number of aromatic nitrogens is 3. The molecule has 1 amide bonds. The van der Waals surface area contributed by atoms with E-state index in [0.29, 0.717) is 18.9 Å². The molecular weight excluding hydrogens is 449 g/mol. The number of benzene rings is 2. The fraction of sp³-hybridized carbons (Fsp3) is 0.375. The van der Waals surface area contributed by atoms with Crippen LogP contribution in [0.3, 0.4) is 0 Å². The van der Waals surface area contributed by atoms with Crippen LogP contribution < -0.4 is 10.4 Å². The van der Waals surface area contributed by atoms with Gasteiger partial charge in [0.05, 0.1) is 0 Å². The number of ether oxygens (including phenoxy) is 1. The normalized spacial score (nSPS) is 18.3. The lowest BCUT2D eigenvalue weighted by Gasteiger charge is -2.16. The maximum Gasteiger partial charge on any atom is 0.573 e. The second kappa shape index (κ2) is 8.66. The molecule has 10 heteroatoms. The number of aromatic amines is 1. The molecule has 2 aromatic carbocycles. The second-order valence-corrected chi connectivity index (χ2v) is 8.83. The maximum atomic E-state index is 12.4. The van der Waals surface area contributed by atoms with Crippen LogP contribution >= 0.6 is 0 Å². The van der Waals surface area contributed by atoms with Gasteiger partial charge in [0.15, 0.2) is 5.82 Å². The Labute approximate surface area is 193 Å². The molecule has 1 aliphatic heterocycles. The standard InChI is InChI=1S/C24H23F3N4O3/c25-24(26,27)34-20-9-7-17(8-10-20)16-1-3-18(4-2-16)21-28-29-23(33)31(21)14-15-11-12-30(13-15)22(32)19-5-6-19/h1-4,7-10,15,19H,5-6,11-14H2,(H,29,33). The molecule has 0 spiro atoms. The molecule has 1 aliphatic carbocycles. The highest BCUT2D eigenvalue weighted by molar-refractivity contribution is 5.81. The first kappa shape index (κ1) is 22.2. The van der Waals surface area contributed by atoms with Crippen molar-refractivity contribution in [3.05, 3.63) is 59.0 Å². The van der Waals surface area contributed by atoms with E-state index in [1.807, 2.05) is 29.2 Å². The molecule has 7 nitrogen and oxygen atoms in total. The van der Waals surface area contributed by atoms with Crippen molar-refractivity contribution in [1.82, 2.24) is 19.7 Å². The predicted octanol–water partition coefficient (Wildman–Crippen LogP) is 4.06. The molecule has 2 fully saturated rings. The van der Waals surface area contributed by atoms with Gasteiger partial charge in [-0.05, 0) is 48.4 Å². The minimum atomic E-state index is -4.73. The summed E-state index contributed by atoms with van der Waals surface area (Å²) in [4.78, 5) is 26.7. The van der Waals surface area contributed by atoms with Crippen LogP contribution in [-0.2, 0) is 11.3 Å². The smallest absolute Gasteiger partial charge is 0.406 e. The monoisotopic (exact) mass is 472 g/mol. The number of H-pyrrole nitrogens is 1. The lowest BCUT2D eigenvalue weighted by atomic mass is 10.0. The van der Waals surface area contributed by atoms with Crippen LogP contribution in [0.5, 0.6) is 5.75 Å². The fourth-order valence-corrected chi connectivity index (χ4v) is 4.40. The van der Waals surface area contributed by atoms with Gasteiger partial charge < -0.3 is 9.64 Å². The minimum absolute atomic E-state index is 0.188. The zero-order chi connectivity index (χ0) is 23.9. The number of alkyl halides is 3. The molecule has 1 saturated carbocycles. The molecule has 1 saturated heterocycles. The minimum Gasteiger partial charge on any atom is -0.406 e. The molecule has 0 bridgehead atoms. The van der Waals surface area contributed by atoms with Crippen molar-refractivity contribution in [3.63, 3.8) is 0 Å². The molecule has 1 unspecified atom stereocenters. The topological polar surface area (TPSA) is 80.2 Å². The molecule has 3 aromatic rings. The molecule has 1 N–H and O–H groups in total. The van der Waals surface area contributed by atoms with E-state index in [-0.39, 0.29) is 29.2 Å². The van der Waals surface area contributed by atoms with Crippen molar-refractivity contribution in [1.29, 1.82) is 0 Å². The highest BCUT2D eigenvalue weighted by atomic mass is 19.4. The fourth-order valence-electron chi connectivity index (χ4n) is 4.40. The highest BCUT2D eigenvalue weighted by Gasteiger charge is 2.37. The van der Waals surface area contributed by atoms with Crippen LogP contribution in [0, 0.1) is 11.8 Å². The van der Waals surface area contributed by atoms with Gasteiger partial charge in [0.25, 0.3) is 0 Å². The third kappa shape index (κ3) is 4.85. The zero-order valence-corrected chi connectivity index (χ0v) is 18.2. The Morgan fingerprint density at radius 2 is 1.62 bits per heavy atom. The summed E-state index contributed by atoms with van der Waals surface area (Å²) in [5, 5.41) is 6.70. The third-order valence-corrected chi connectivity index (χ3v) is 6.29. The first-order valence-corrected chi connectivity index (χ1v) is 11.2. The van der Waals surface area contributed by atoms with E-state index >= 15 is 0 Å². The van der Waals surface area contributed by atoms with E-state index < -0.39 is 6.36 Å². The molecule has 34 heavy (non-hydrogen) atoms. The highest BCUT2D eigenvalue weighted by Crippen LogP contribution is 2.33. The summed E-state index contributed by atoms with van der Waals surface area (Å²) in [7, 11) is 0. The average Bonchev–Trinajstić information content (AvgIpc) is 3.45. The number of carbonyl (C=O) groups excluding carboxylic acids is 1. The molecular formula is C24H23F3N4O3. The maximum absolute atomic E-state index is 12.4. The first-order valence-electron chi connectivity index (χ1n) is 11.2. The quantitative estimate of drug-likeness (QED) is 0.587. The lowest BCUT2D eigenvalue weighted by Crippen LogP contribution is -2.31. The van der Waals surface area contributed by atoms with Crippen molar-refractivity contribution in [2.75, 3.05) is 13.1 Å². The predicted molar refractivity (Wildman–Crippen MR) is 118 cm³/mol. The van der Waals surface area contributed by atoms with E-state index in [4.69, 9.17) is 0 Å². The van der Waals surface area contributed by atoms with Gasteiger partial charge in [-0.15, -0.1) is 13.2 Å². The van der Waals surface area contributed by atoms with Crippen LogP contribution in [0.4, 0.5) is 13.2 Å². The summed E-state index contributed by atoms with van der Waals surface area (Å²) in [6, 6.07) is 12.9. The van der Waals surface area contributed by atoms with Gasteiger partial charge in [0, 0.05) is 31.1 Å². The Morgan fingerprint density at radius 1 is 1.00 bits per heavy atom.